The Morgan fingerprint density at radius 1 is 1.20 bits per heavy atom. The molecule has 6 heteroatoms. The number of hydrogen-bond donors (Lipinski definition) is 0. The van der Waals surface area contributed by atoms with Gasteiger partial charge >= 0.3 is 0 Å². The van der Waals surface area contributed by atoms with Crippen molar-refractivity contribution in [3.05, 3.63) is 76.8 Å². The second-order valence-electron chi connectivity index (χ2n) is 5.31. The van der Waals surface area contributed by atoms with Gasteiger partial charge in [0.2, 0.25) is 0 Å². The largest absolute Gasteiger partial charge is 0.298 e. The number of hydrogen-bond acceptors (Lipinski definition) is 4. The van der Waals surface area contributed by atoms with Crippen LogP contribution in [0, 0.1) is 11.3 Å². The van der Waals surface area contributed by atoms with E-state index in [9.17, 15) is 0 Å². The molecule has 0 aliphatic carbocycles. The second kappa shape index (κ2) is 8.15. The van der Waals surface area contributed by atoms with Crippen molar-refractivity contribution < 1.29 is 0 Å². The fourth-order valence-electron chi connectivity index (χ4n) is 2.38. The molecule has 0 fully saturated rings. The van der Waals surface area contributed by atoms with Crippen LogP contribution in [0.2, 0.25) is 0 Å². The molecule has 124 valence electrons. The molecule has 1 aromatic heterocycles. The molecule has 4 nitrogen and oxygen atoms in total. The Morgan fingerprint density at radius 3 is 2.72 bits per heavy atom. The van der Waals surface area contributed by atoms with Crippen LogP contribution in [-0.4, -0.2) is 14.8 Å². The summed E-state index contributed by atoms with van der Waals surface area (Å²) in [7, 11) is 0. The zero-order valence-corrected chi connectivity index (χ0v) is 15.8. The third-order valence-corrected chi connectivity index (χ3v) is 5.12. The van der Waals surface area contributed by atoms with Crippen LogP contribution in [0.15, 0.2) is 70.8 Å². The molecule has 0 N–H and O–H groups in total. The lowest BCUT2D eigenvalue weighted by atomic mass is 10.2. The van der Waals surface area contributed by atoms with E-state index in [2.05, 4.69) is 43.3 Å². The van der Waals surface area contributed by atoms with Crippen molar-refractivity contribution in [3.63, 3.8) is 0 Å². The molecule has 0 bridgehead atoms. The number of benzene rings is 2. The van der Waals surface area contributed by atoms with Gasteiger partial charge in [-0.3, -0.25) is 4.57 Å². The first-order valence-corrected chi connectivity index (χ1v) is 9.41. The van der Waals surface area contributed by atoms with Crippen LogP contribution in [0.3, 0.4) is 0 Å². The Hall–Kier alpha value is -2.36. The smallest absolute Gasteiger partial charge is 0.192 e. The molecule has 0 radical (unpaired) electrons. The standard InChI is InChI=1S/C19H15BrN4S/c1-2-10-24-18(16-6-8-17(20)9-7-16)22-23-19(24)25-13-15-5-3-4-14(11-15)12-21/h2-9,11H,1,10,13H2. The normalized spacial score (nSPS) is 10.4. The number of aromatic nitrogens is 3. The van der Waals surface area contributed by atoms with Gasteiger partial charge in [-0.1, -0.05) is 58.0 Å². The molecular formula is C19H15BrN4S. The van der Waals surface area contributed by atoms with Crippen LogP contribution in [0.25, 0.3) is 11.4 Å². The maximum Gasteiger partial charge on any atom is 0.192 e. The highest BCUT2D eigenvalue weighted by atomic mass is 79.9. The summed E-state index contributed by atoms with van der Waals surface area (Å²) in [6.45, 7) is 4.48. The zero-order valence-electron chi connectivity index (χ0n) is 13.4. The van der Waals surface area contributed by atoms with Gasteiger partial charge in [-0.25, -0.2) is 0 Å². The van der Waals surface area contributed by atoms with Crippen LogP contribution in [0.5, 0.6) is 0 Å². The highest BCUT2D eigenvalue weighted by Crippen LogP contribution is 2.27. The molecule has 0 saturated carbocycles. The lowest BCUT2D eigenvalue weighted by Gasteiger charge is -2.08. The predicted octanol–water partition coefficient (Wildman–Crippen LogP) is 5.06. The van der Waals surface area contributed by atoms with Crippen LogP contribution in [0.4, 0.5) is 0 Å². The summed E-state index contributed by atoms with van der Waals surface area (Å²) >= 11 is 5.05. The van der Waals surface area contributed by atoms with Crippen LogP contribution < -0.4 is 0 Å². The minimum Gasteiger partial charge on any atom is -0.298 e. The summed E-state index contributed by atoms with van der Waals surface area (Å²) in [5.41, 5.74) is 2.76. The van der Waals surface area contributed by atoms with E-state index in [4.69, 9.17) is 5.26 Å². The van der Waals surface area contributed by atoms with Gasteiger partial charge in [0, 0.05) is 22.3 Å². The summed E-state index contributed by atoms with van der Waals surface area (Å²) in [5, 5.41) is 18.5. The molecule has 0 unspecified atom stereocenters. The Morgan fingerprint density at radius 2 is 2.00 bits per heavy atom. The van der Waals surface area contributed by atoms with Crippen molar-refractivity contribution in [1.82, 2.24) is 14.8 Å². The third kappa shape index (κ3) is 4.19. The van der Waals surface area contributed by atoms with E-state index >= 15 is 0 Å². The first-order chi connectivity index (χ1) is 12.2. The SMILES string of the molecule is C=CCn1c(SCc2cccc(C#N)c2)nnc1-c1ccc(Br)cc1. The number of nitriles is 1. The molecule has 2 aromatic carbocycles. The molecule has 0 saturated heterocycles. The van der Waals surface area contributed by atoms with Crippen molar-refractivity contribution in [2.24, 2.45) is 0 Å². The number of rotatable bonds is 6. The molecule has 0 aliphatic rings. The van der Waals surface area contributed by atoms with Crippen molar-refractivity contribution in [2.75, 3.05) is 0 Å². The monoisotopic (exact) mass is 410 g/mol. The Labute approximate surface area is 159 Å². The van der Waals surface area contributed by atoms with Crippen molar-refractivity contribution in [3.8, 4) is 17.5 Å². The minimum absolute atomic E-state index is 0.638. The molecule has 0 atom stereocenters. The van der Waals surface area contributed by atoms with Gasteiger partial charge in [-0.15, -0.1) is 16.8 Å². The van der Waals surface area contributed by atoms with Crippen LogP contribution >= 0.6 is 27.7 Å². The minimum atomic E-state index is 0.638. The van der Waals surface area contributed by atoms with E-state index in [0.717, 1.165) is 32.3 Å². The Balaban J connectivity index is 1.85. The first kappa shape index (κ1) is 17.5. The summed E-state index contributed by atoms with van der Waals surface area (Å²) in [4.78, 5) is 0. The summed E-state index contributed by atoms with van der Waals surface area (Å²) < 4.78 is 3.08. The topological polar surface area (TPSA) is 54.5 Å². The van der Waals surface area contributed by atoms with Crippen molar-refractivity contribution in [2.45, 2.75) is 17.5 Å². The lowest BCUT2D eigenvalue weighted by Crippen LogP contribution is -2.00. The average molecular weight is 411 g/mol. The molecule has 3 aromatic rings. The van der Waals surface area contributed by atoms with Gasteiger partial charge in [0.15, 0.2) is 11.0 Å². The quantitative estimate of drug-likeness (QED) is 0.420. The first-order valence-electron chi connectivity index (χ1n) is 7.63. The molecular weight excluding hydrogens is 396 g/mol. The van der Waals surface area contributed by atoms with Gasteiger partial charge in [-0.2, -0.15) is 5.26 Å². The Bertz CT molecular complexity index is 925. The predicted molar refractivity (Wildman–Crippen MR) is 104 cm³/mol. The number of thioether (sulfide) groups is 1. The second-order valence-corrected chi connectivity index (χ2v) is 7.17. The fourth-order valence-corrected chi connectivity index (χ4v) is 3.54. The summed E-state index contributed by atoms with van der Waals surface area (Å²) in [6.07, 6.45) is 1.84. The molecule has 0 spiro atoms. The lowest BCUT2D eigenvalue weighted by molar-refractivity contribution is 0.731. The van der Waals surface area contributed by atoms with E-state index in [1.165, 1.54) is 0 Å². The number of halogens is 1. The van der Waals surface area contributed by atoms with Gasteiger partial charge in [0.05, 0.1) is 11.6 Å². The summed E-state index contributed by atoms with van der Waals surface area (Å²) in [5.74, 6) is 1.55. The van der Waals surface area contributed by atoms with Gasteiger partial charge in [-0.05, 0) is 29.8 Å². The van der Waals surface area contributed by atoms with Crippen LogP contribution in [-0.2, 0) is 12.3 Å². The molecule has 1 heterocycles. The Kier molecular flexibility index (Phi) is 5.69. The van der Waals surface area contributed by atoms with Gasteiger partial charge < -0.3 is 0 Å². The van der Waals surface area contributed by atoms with E-state index in [1.807, 2.05) is 48.5 Å². The van der Waals surface area contributed by atoms with Crippen molar-refractivity contribution >= 4 is 27.7 Å². The van der Waals surface area contributed by atoms with Gasteiger partial charge in [0.25, 0.3) is 0 Å². The fraction of sp³-hybridized carbons (Fsp3) is 0.105. The summed E-state index contributed by atoms with van der Waals surface area (Å²) in [6, 6.07) is 17.8. The maximum atomic E-state index is 9.01. The molecule has 3 rings (SSSR count). The highest BCUT2D eigenvalue weighted by molar-refractivity contribution is 9.10. The molecule has 0 aliphatic heterocycles. The zero-order chi connectivity index (χ0) is 17.6. The van der Waals surface area contributed by atoms with E-state index in [-0.39, 0.29) is 0 Å². The van der Waals surface area contributed by atoms with Gasteiger partial charge in [0.1, 0.15) is 0 Å². The highest BCUT2D eigenvalue weighted by Gasteiger charge is 2.13. The van der Waals surface area contributed by atoms with Crippen LogP contribution in [0.1, 0.15) is 11.1 Å². The average Bonchev–Trinajstić information content (AvgIpc) is 3.04. The van der Waals surface area contributed by atoms with Crippen molar-refractivity contribution in [1.29, 1.82) is 5.26 Å². The molecule has 25 heavy (non-hydrogen) atoms. The molecule has 0 amide bonds. The van der Waals surface area contributed by atoms with E-state index < -0.39 is 0 Å². The maximum absolute atomic E-state index is 9.01. The number of nitrogens with zero attached hydrogens (tertiary/aromatic N) is 4. The third-order valence-electron chi connectivity index (χ3n) is 3.55. The number of allylic oxidation sites excluding steroid dienone is 1. The van der Waals surface area contributed by atoms with E-state index in [0.29, 0.717) is 12.1 Å². The van der Waals surface area contributed by atoms with E-state index in [1.54, 1.807) is 17.8 Å².